The lowest BCUT2D eigenvalue weighted by molar-refractivity contribution is 0.0691. The number of carboxylic acids is 1. The molecule has 1 N–H and O–H groups in total. The van der Waals surface area contributed by atoms with Gasteiger partial charge < -0.3 is 9.84 Å². The molecule has 1 aromatic heterocycles. The number of fused-ring (bicyclic) bond motifs is 1. The lowest BCUT2D eigenvalue weighted by Crippen LogP contribution is -2.15. The van der Waals surface area contributed by atoms with Crippen LogP contribution in [0.4, 0.5) is 0 Å². The lowest BCUT2D eigenvalue weighted by Gasteiger charge is -2.24. The van der Waals surface area contributed by atoms with E-state index in [1.807, 2.05) is 24.3 Å². The number of hydrogen-bond donors (Lipinski definition) is 1. The molecule has 0 bridgehead atoms. The number of benzene rings is 1. The predicted molar refractivity (Wildman–Crippen MR) is 67.5 cm³/mol. The molecule has 1 aromatic carbocycles. The van der Waals surface area contributed by atoms with Crippen LogP contribution in [-0.2, 0) is 0 Å². The SMILES string of the molecule is O=C(O)c1csc(C2CCOc3ccccc32)n1. The smallest absolute Gasteiger partial charge is 0.355 e. The molecule has 92 valence electrons. The quantitative estimate of drug-likeness (QED) is 0.903. The van der Waals surface area contributed by atoms with Crippen LogP contribution in [0, 0.1) is 0 Å². The molecule has 1 atom stereocenters. The van der Waals surface area contributed by atoms with Gasteiger partial charge in [0.1, 0.15) is 10.8 Å². The number of carboxylic acid groups (broad SMARTS) is 1. The number of rotatable bonds is 2. The third kappa shape index (κ3) is 1.86. The molecule has 0 saturated carbocycles. The number of thiazole rings is 1. The summed E-state index contributed by atoms with van der Waals surface area (Å²) < 4.78 is 5.59. The van der Waals surface area contributed by atoms with Crippen molar-refractivity contribution in [2.45, 2.75) is 12.3 Å². The van der Waals surface area contributed by atoms with Gasteiger partial charge in [0.2, 0.25) is 0 Å². The van der Waals surface area contributed by atoms with E-state index in [-0.39, 0.29) is 11.6 Å². The fourth-order valence-corrected chi connectivity index (χ4v) is 3.09. The first kappa shape index (κ1) is 11.2. The van der Waals surface area contributed by atoms with E-state index in [0.717, 1.165) is 22.7 Å². The highest BCUT2D eigenvalue weighted by molar-refractivity contribution is 7.10. The van der Waals surface area contributed by atoms with Crippen LogP contribution in [-0.4, -0.2) is 22.7 Å². The van der Waals surface area contributed by atoms with E-state index in [9.17, 15) is 4.79 Å². The van der Waals surface area contributed by atoms with E-state index >= 15 is 0 Å². The number of aromatic carboxylic acids is 1. The third-order valence-corrected chi connectivity index (χ3v) is 3.96. The molecule has 2 aromatic rings. The molecule has 0 fully saturated rings. The Bertz CT molecular complexity index is 593. The van der Waals surface area contributed by atoms with Crippen molar-refractivity contribution in [2.75, 3.05) is 6.61 Å². The van der Waals surface area contributed by atoms with E-state index in [0.29, 0.717) is 6.61 Å². The minimum atomic E-state index is -0.974. The molecule has 18 heavy (non-hydrogen) atoms. The Kier molecular flexibility index (Phi) is 2.76. The van der Waals surface area contributed by atoms with Crippen LogP contribution in [0.25, 0.3) is 0 Å². The van der Waals surface area contributed by atoms with E-state index in [2.05, 4.69) is 4.98 Å². The highest BCUT2D eigenvalue weighted by Gasteiger charge is 2.25. The average Bonchev–Trinajstić information content (AvgIpc) is 2.87. The maximum Gasteiger partial charge on any atom is 0.355 e. The fourth-order valence-electron chi connectivity index (χ4n) is 2.14. The molecular weight excluding hydrogens is 250 g/mol. The summed E-state index contributed by atoms with van der Waals surface area (Å²) in [6.45, 7) is 0.643. The summed E-state index contributed by atoms with van der Waals surface area (Å²) in [7, 11) is 0. The number of para-hydroxylation sites is 1. The monoisotopic (exact) mass is 261 g/mol. The maximum atomic E-state index is 10.9. The molecular formula is C13H11NO3S. The standard InChI is InChI=1S/C13H11NO3S/c15-13(16)10-7-18-12(14-10)9-5-6-17-11-4-2-1-3-8(9)11/h1-4,7,9H,5-6H2,(H,15,16). The third-order valence-electron chi connectivity index (χ3n) is 3.00. The average molecular weight is 261 g/mol. The molecule has 4 nitrogen and oxygen atoms in total. The van der Waals surface area contributed by atoms with Crippen molar-refractivity contribution in [3.63, 3.8) is 0 Å². The molecule has 1 aliphatic rings. The molecule has 0 saturated heterocycles. The van der Waals surface area contributed by atoms with Crippen molar-refractivity contribution in [2.24, 2.45) is 0 Å². The van der Waals surface area contributed by atoms with Gasteiger partial charge in [-0.3, -0.25) is 0 Å². The Morgan fingerprint density at radius 2 is 2.28 bits per heavy atom. The Morgan fingerprint density at radius 1 is 1.44 bits per heavy atom. The van der Waals surface area contributed by atoms with Gasteiger partial charge in [0.05, 0.1) is 6.61 Å². The second kappa shape index (κ2) is 4.42. The summed E-state index contributed by atoms with van der Waals surface area (Å²) >= 11 is 1.40. The second-order valence-electron chi connectivity index (χ2n) is 4.10. The summed E-state index contributed by atoms with van der Waals surface area (Å²) in [4.78, 5) is 15.1. The number of aromatic nitrogens is 1. The zero-order chi connectivity index (χ0) is 12.5. The summed E-state index contributed by atoms with van der Waals surface area (Å²) in [5, 5.41) is 11.4. The predicted octanol–water partition coefficient (Wildman–Crippen LogP) is 2.76. The Hall–Kier alpha value is -1.88. The fraction of sp³-hybridized carbons (Fsp3) is 0.231. The van der Waals surface area contributed by atoms with E-state index in [1.54, 1.807) is 5.38 Å². The Labute approximate surface area is 108 Å². The molecule has 1 unspecified atom stereocenters. The van der Waals surface area contributed by atoms with Gasteiger partial charge in [-0.1, -0.05) is 18.2 Å². The maximum absolute atomic E-state index is 10.9. The topological polar surface area (TPSA) is 59.4 Å². The van der Waals surface area contributed by atoms with Gasteiger partial charge in [0.25, 0.3) is 0 Å². The molecule has 1 aliphatic heterocycles. The van der Waals surface area contributed by atoms with Gasteiger partial charge in [0, 0.05) is 16.9 Å². The molecule has 0 spiro atoms. The number of ether oxygens (including phenoxy) is 1. The number of hydrogen-bond acceptors (Lipinski definition) is 4. The molecule has 5 heteroatoms. The second-order valence-corrected chi connectivity index (χ2v) is 4.99. The van der Waals surface area contributed by atoms with Gasteiger partial charge in [-0.25, -0.2) is 9.78 Å². The van der Waals surface area contributed by atoms with Gasteiger partial charge in [-0.2, -0.15) is 0 Å². The first-order valence-electron chi connectivity index (χ1n) is 5.66. The molecule has 3 rings (SSSR count). The molecule has 0 radical (unpaired) electrons. The van der Waals surface area contributed by atoms with E-state index in [4.69, 9.17) is 9.84 Å². The van der Waals surface area contributed by atoms with E-state index < -0.39 is 5.97 Å². The normalized spacial score (nSPS) is 17.9. The van der Waals surface area contributed by atoms with Crippen LogP contribution in [0.15, 0.2) is 29.6 Å². The highest BCUT2D eigenvalue weighted by Crippen LogP contribution is 2.38. The van der Waals surface area contributed by atoms with Gasteiger partial charge in [0.15, 0.2) is 5.69 Å². The van der Waals surface area contributed by atoms with Crippen molar-refractivity contribution >= 4 is 17.3 Å². The van der Waals surface area contributed by atoms with Crippen molar-refractivity contribution < 1.29 is 14.6 Å². The summed E-state index contributed by atoms with van der Waals surface area (Å²) in [5.74, 6) is 0.0479. The van der Waals surface area contributed by atoms with Crippen molar-refractivity contribution in [3.8, 4) is 5.75 Å². The molecule has 0 amide bonds. The van der Waals surface area contributed by atoms with Crippen molar-refractivity contribution in [1.82, 2.24) is 4.98 Å². The highest BCUT2D eigenvalue weighted by atomic mass is 32.1. The zero-order valence-corrected chi connectivity index (χ0v) is 10.3. The minimum Gasteiger partial charge on any atom is -0.493 e. The minimum absolute atomic E-state index is 0.124. The number of carbonyl (C=O) groups is 1. The van der Waals surface area contributed by atoms with Crippen LogP contribution in [0.5, 0.6) is 5.75 Å². The van der Waals surface area contributed by atoms with Crippen LogP contribution in [0.1, 0.15) is 33.4 Å². The van der Waals surface area contributed by atoms with Gasteiger partial charge >= 0.3 is 5.97 Å². The molecule has 2 heterocycles. The Morgan fingerprint density at radius 3 is 3.06 bits per heavy atom. The lowest BCUT2D eigenvalue weighted by atomic mass is 9.94. The largest absolute Gasteiger partial charge is 0.493 e. The Balaban J connectivity index is 2.00. The van der Waals surface area contributed by atoms with Gasteiger partial charge in [-0.05, 0) is 12.5 Å². The first-order valence-corrected chi connectivity index (χ1v) is 6.54. The van der Waals surface area contributed by atoms with Gasteiger partial charge in [-0.15, -0.1) is 11.3 Å². The zero-order valence-electron chi connectivity index (χ0n) is 9.50. The van der Waals surface area contributed by atoms with Crippen LogP contribution < -0.4 is 4.74 Å². The number of nitrogens with zero attached hydrogens (tertiary/aromatic N) is 1. The van der Waals surface area contributed by atoms with Crippen LogP contribution in [0.2, 0.25) is 0 Å². The summed E-state index contributed by atoms with van der Waals surface area (Å²) in [5.41, 5.74) is 1.22. The van der Waals surface area contributed by atoms with Crippen molar-refractivity contribution in [3.05, 3.63) is 45.9 Å². The van der Waals surface area contributed by atoms with E-state index in [1.165, 1.54) is 11.3 Å². The van der Waals surface area contributed by atoms with Crippen LogP contribution in [0.3, 0.4) is 0 Å². The molecule has 0 aliphatic carbocycles. The summed E-state index contributed by atoms with van der Waals surface area (Å²) in [6.07, 6.45) is 0.837. The van der Waals surface area contributed by atoms with Crippen LogP contribution >= 0.6 is 11.3 Å². The first-order chi connectivity index (χ1) is 8.75. The van der Waals surface area contributed by atoms with Crippen molar-refractivity contribution in [1.29, 1.82) is 0 Å². The summed E-state index contributed by atoms with van der Waals surface area (Å²) in [6, 6.07) is 7.85.